The number of thioether (sulfide) groups is 1. The van der Waals surface area contributed by atoms with Crippen LogP contribution < -0.4 is 0 Å². The van der Waals surface area contributed by atoms with Crippen molar-refractivity contribution in [2.75, 3.05) is 19.7 Å². The molecule has 0 spiro atoms. The van der Waals surface area contributed by atoms with Crippen molar-refractivity contribution in [3.63, 3.8) is 0 Å². The van der Waals surface area contributed by atoms with Crippen molar-refractivity contribution in [1.29, 1.82) is 0 Å². The second-order valence-corrected chi connectivity index (χ2v) is 12.6. The summed E-state index contributed by atoms with van der Waals surface area (Å²) in [6.07, 6.45) is 4.05. The minimum atomic E-state index is -3.58. The molecule has 2 saturated heterocycles. The lowest BCUT2D eigenvalue weighted by molar-refractivity contribution is 0.0960. The molecule has 3 heterocycles. The number of hydrogen-bond donors (Lipinski definition) is 0. The number of aromatic nitrogens is 2. The molecule has 35 heavy (non-hydrogen) atoms. The van der Waals surface area contributed by atoms with Crippen LogP contribution in [0.5, 0.6) is 0 Å². The largest absolute Gasteiger partial charge is 0.376 e. The number of fused-ring (bicyclic) bond motifs is 1. The van der Waals surface area contributed by atoms with Gasteiger partial charge in [-0.25, -0.2) is 17.8 Å². The van der Waals surface area contributed by atoms with E-state index < -0.39 is 10.0 Å². The van der Waals surface area contributed by atoms with Crippen molar-refractivity contribution in [1.82, 2.24) is 13.9 Å². The van der Waals surface area contributed by atoms with E-state index in [0.717, 1.165) is 43.0 Å². The molecule has 3 aromatic rings. The fourth-order valence-corrected chi connectivity index (χ4v) is 7.62. The summed E-state index contributed by atoms with van der Waals surface area (Å²) < 4.78 is 50.9. The Morgan fingerprint density at radius 1 is 1.20 bits per heavy atom. The Morgan fingerprint density at radius 3 is 2.83 bits per heavy atom. The molecule has 5 rings (SSSR count). The molecule has 0 amide bonds. The lowest BCUT2D eigenvalue weighted by atomic mass is 10.0. The highest BCUT2D eigenvalue weighted by Crippen LogP contribution is 2.32. The van der Waals surface area contributed by atoms with Crippen LogP contribution in [0, 0.1) is 18.7 Å². The summed E-state index contributed by atoms with van der Waals surface area (Å²) in [5.41, 5.74) is 2.77. The first-order valence-corrected chi connectivity index (χ1v) is 14.7. The van der Waals surface area contributed by atoms with Gasteiger partial charge in [0.15, 0.2) is 5.16 Å². The normalized spacial score (nSPS) is 21.7. The molecule has 2 aromatic carbocycles. The van der Waals surface area contributed by atoms with Gasteiger partial charge in [-0.05, 0) is 67.9 Å². The zero-order valence-electron chi connectivity index (χ0n) is 20.2. The van der Waals surface area contributed by atoms with Crippen LogP contribution in [-0.2, 0) is 27.1 Å². The Labute approximate surface area is 210 Å². The Balaban J connectivity index is 1.48. The third-order valence-corrected chi connectivity index (χ3v) is 9.87. The van der Waals surface area contributed by atoms with Crippen LogP contribution in [0.25, 0.3) is 11.0 Å². The zero-order valence-corrected chi connectivity index (χ0v) is 21.9. The van der Waals surface area contributed by atoms with E-state index in [-0.39, 0.29) is 16.8 Å². The van der Waals surface area contributed by atoms with E-state index in [1.54, 1.807) is 35.5 Å². The molecule has 0 unspecified atom stereocenters. The molecule has 6 nitrogen and oxygen atoms in total. The van der Waals surface area contributed by atoms with Crippen molar-refractivity contribution in [2.45, 2.75) is 68.0 Å². The predicted octanol–water partition coefficient (Wildman–Crippen LogP) is 5.38. The van der Waals surface area contributed by atoms with Gasteiger partial charge >= 0.3 is 0 Å². The summed E-state index contributed by atoms with van der Waals surface area (Å²) in [5, 5.41) is 0.748. The maximum Gasteiger partial charge on any atom is 0.243 e. The molecule has 0 saturated carbocycles. The van der Waals surface area contributed by atoms with Crippen molar-refractivity contribution in [2.24, 2.45) is 5.92 Å². The van der Waals surface area contributed by atoms with Gasteiger partial charge < -0.3 is 9.30 Å². The minimum Gasteiger partial charge on any atom is -0.376 e. The highest BCUT2D eigenvalue weighted by Gasteiger charge is 2.29. The number of benzene rings is 2. The average Bonchev–Trinajstić information content (AvgIpc) is 3.48. The van der Waals surface area contributed by atoms with Crippen LogP contribution in [-0.4, -0.2) is 48.1 Å². The SMILES string of the molecule is Cc1cccc(CSc2nc3cc(S(=O)(=O)N4CCC[C@H](C)C4)ccc3n2C[C@@H]2CCCO2)c1F. The molecule has 0 bridgehead atoms. The fraction of sp³-hybridized carbons (Fsp3) is 0.500. The summed E-state index contributed by atoms with van der Waals surface area (Å²) in [6, 6.07) is 10.7. The van der Waals surface area contributed by atoms with E-state index in [1.807, 2.05) is 12.1 Å². The van der Waals surface area contributed by atoms with Crippen molar-refractivity contribution < 1.29 is 17.5 Å². The molecule has 188 valence electrons. The van der Waals surface area contributed by atoms with E-state index in [9.17, 15) is 12.8 Å². The molecule has 0 radical (unpaired) electrons. The lowest BCUT2D eigenvalue weighted by Crippen LogP contribution is -2.39. The predicted molar refractivity (Wildman–Crippen MR) is 137 cm³/mol. The summed E-state index contributed by atoms with van der Waals surface area (Å²) in [5.74, 6) is 0.614. The van der Waals surface area contributed by atoms with Gasteiger partial charge in [-0.15, -0.1) is 0 Å². The molecule has 1 aromatic heterocycles. The molecule has 2 aliphatic heterocycles. The minimum absolute atomic E-state index is 0.0979. The van der Waals surface area contributed by atoms with Crippen LogP contribution in [0.3, 0.4) is 0 Å². The van der Waals surface area contributed by atoms with Crippen molar-refractivity contribution in [3.05, 3.63) is 53.3 Å². The van der Waals surface area contributed by atoms with E-state index in [4.69, 9.17) is 9.72 Å². The number of nitrogens with zero attached hydrogens (tertiary/aromatic N) is 3. The van der Waals surface area contributed by atoms with Gasteiger partial charge in [0.05, 0.1) is 28.6 Å². The first-order valence-electron chi connectivity index (χ1n) is 12.3. The number of sulfonamides is 1. The summed E-state index contributed by atoms with van der Waals surface area (Å²) in [7, 11) is -3.58. The smallest absolute Gasteiger partial charge is 0.243 e. The second-order valence-electron chi connectivity index (χ2n) is 9.74. The molecule has 2 aliphatic rings. The molecular formula is C26H32FN3O3S2. The van der Waals surface area contributed by atoms with Crippen LogP contribution in [0.4, 0.5) is 4.39 Å². The summed E-state index contributed by atoms with van der Waals surface area (Å²) in [6.45, 7) is 6.37. The molecule has 0 aliphatic carbocycles. The Hall–Kier alpha value is -1.94. The van der Waals surface area contributed by atoms with Gasteiger partial charge in [0.1, 0.15) is 5.82 Å². The number of piperidine rings is 1. The fourth-order valence-electron chi connectivity index (χ4n) is 5.00. The number of halogens is 1. The Morgan fingerprint density at radius 2 is 2.06 bits per heavy atom. The maximum atomic E-state index is 14.6. The number of hydrogen-bond acceptors (Lipinski definition) is 5. The molecular weight excluding hydrogens is 485 g/mol. The monoisotopic (exact) mass is 517 g/mol. The van der Waals surface area contributed by atoms with Gasteiger partial charge in [-0.3, -0.25) is 0 Å². The summed E-state index contributed by atoms with van der Waals surface area (Å²) in [4.78, 5) is 5.10. The van der Waals surface area contributed by atoms with Crippen LogP contribution >= 0.6 is 11.8 Å². The number of imidazole rings is 1. The van der Waals surface area contributed by atoms with Gasteiger partial charge in [0.25, 0.3) is 0 Å². The van der Waals surface area contributed by atoms with E-state index in [0.29, 0.717) is 47.9 Å². The standard InChI is InChI=1S/C26H32FN3O3S2/c1-18-6-4-12-29(15-18)35(31,32)22-10-11-24-23(14-22)28-26(30(24)16-21-9-5-13-33-21)34-17-20-8-3-7-19(2)25(20)27/h3,7-8,10-11,14,18,21H,4-6,9,12-13,15-17H2,1-2H3/t18-,21-/m0/s1. The highest BCUT2D eigenvalue weighted by molar-refractivity contribution is 7.98. The van der Waals surface area contributed by atoms with E-state index >= 15 is 0 Å². The number of rotatable bonds is 7. The van der Waals surface area contributed by atoms with Crippen molar-refractivity contribution in [3.8, 4) is 0 Å². The molecule has 2 atom stereocenters. The summed E-state index contributed by atoms with van der Waals surface area (Å²) >= 11 is 1.47. The van der Waals surface area contributed by atoms with Gasteiger partial charge in [-0.1, -0.05) is 36.9 Å². The molecule has 0 N–H and O–H groups in total. The van der Waals surface area contributed by atoms with Gasteiger partial charge in [-0.2, -0.15) is 4.31 Å². The van der Waals surface area contributed by atoms with Gasteiger partial charge in [0.2, 0.25) is 10.0 Å². The Bertz CT molecular complexity index is 1320. The third-order valence-electron chi connectivity index (χ3n) is 6.98. The lowest BCUT2D eigenvalue weighted by Gasteiger charge is -2.30. The number of aryl methyl sites for hydroxylation is 1. The zero-order chi connectivity index (χ0) is 24.6. The van der Waals surface area contributed by atoms with Crippen molar-refractivity contribution >= 4 is 32.8 Å². The van der Waals surface area contributed by atoms with Crippen LogP contribution in [0.1, 0.15) is 43.7 Å². The highest BCUT2D eigenvalue weighted by atomic mass is 32.2. The topological polar surface area (TPSA) is 64.4 Å². The second kappa shape index (κ2) is 10.2. The first kappa shape index (κ1) is 24.7. The van der Waals surface area contributed by atoms with E-state index in [2.05, 4.69) is 11.5 Å². The van der Waals surface area contributed by atoms with Gasteiger partial charge in [0, 0.05) is 25.4 Å². The average molecular weight is 518 g/mol. The molecule has 2 fully saturated rings. The molecule has 9 heteroatoms. The first-order chi connectivity index (χ1) is 16.8. The van der Waals surface area contributed by atoms with E-state index in [1.165, 1.54) is 11.8 Å². The Kier molecular flexibility index (Phi) is 7.21. The maximum absolute atomic E-state index is 14.6. The quantitative estimate of drug-likeness (QED) is 0.394. The van der Waals surface area contributed by atoms with Crippen LogP contribution in [0.2, 0.25) is 0 Å². The third kappa shape index (κ3) is 5.14. The van der Waals surface area contributed by atoms with Crippen LogP contribution in [0.15, 0.2) is 46.5 Å². The number of ether oxygens (including phenoxy) is 1.